The molecule has 32 heavy (non-hydrogen) atoms. The molecule has 0 saturated carbocycles. The monoisotopic (exact) mass is 444 g/mol. The van der Waals surface area contributed by atoms with Crippen molar-refractivity contribution in [1.29, 1.82) is 0 Å². The van der Waals surface area contributed by atoms with E-state index >= 15 is 0 Å². The molecule has 1 fully saturated rings. The molecule has 1 aliphatic heterocycles. The van der Waals surface area contributed by atoms with Crippen LogP contribution in [-0.4, -0.2) is 55.3 Å². The van der Waals surface area contributed by atoms with E-state index in [0.717, 1.165) is 34.9 Å². The predicted molar refractivity (Wildman–Crippen MR) is 117 cm³/mol. The lowest BCUT2D eigenvalue weighted by atomic mass is 9.94. The summed E-state index contributed by atoms with van der Waals surface area (Å²) in [5, 5.41) is 11.4. The number of methoxy groups -OCH3 is 1. The first-order chi connectivity index (χ1) is 15.4. The zero-order chi connectivity index (χ0) is 23.1. The van der Waals surface area contributed by atoms with Gasteiger partial charge in [0.05, 0.1) is 19.6 Å². The molecule has 0 spiro atoms. The third kappa shape index (κ3) is 6.09. The third-order valence-electron chi connectivity index (χ3n) is 5.95. The summed E-state index contributed by atoms with van der Waals surface area (Å²) >= 11 is 0. The van der Waals surface area contributed by atoms with Crippen molar-refractivity contribution in [2.45, 2.75) is 32.1 Å². The van der Waals surface area contributed by atoms with Crippen molar-refractivity contribution in [3.05, 3.63) is 52.1 Å². The van der Waals surface area contributed by atoms with Gasteiger partial charge in [0, 0.05) is 13.1 Å². The zero-order valence-corrected chi connectivity index (χ0v) is 18.3. The molecule has 2 aromatic carbocycles. The van der Waals surface area contributed by atoms with Crippen molar-refractivity contribution in [3.8, 4) is 5.75 Å². The van der Waals surface area contributed by atoms with E-state index in [1.54, 1.807) is 18.9 Å². The summed E-state index contributed by atoms with van der Waals surface area (Å²) in [6, 6.07) is 11.5. The summed E-state index contributed by atoms with van der Waals surface area (Å²) in [6.07, 6.45) is 2.09. The lowest BCUT2D eigenvalue weighted by Crippen LogP contribution is -2.41. The van der Waals surface area contributed by atoms with Crippen molar-refractivity contribution in [1.82, 2.24) is 4.90 Å². The maximum atomic E-state index is 12.5. The van der Waals surface area contributed by atoms with E-state index in [9.17, 15) is 19.7 Å². The van der Waals surface area contributed by atoms with Gasteiger partial charge in [-0.2, -0.15) is 0 Å². The molecule has 1 aliphatic rings. The number of esters is 1. The first kappa shape index (κ1) is 23.3. The number of nitrogens with zero attached hydrogens (tertiary/aromatic N) is 2. The highest BCUT2D eigenvalue weighted by Crippen LogP contribution is 2.26. The number of carbonyl (C=O) groups is 2. The molecule has 1 atom stereocenters. The Balaban J connectivity index is 1.46. The summed E-state index contributed by atoms with van der Waals surface area (Å²) in [7, 11) is 1.62. The van der Waals surface area contributed by atoms with Gasteiger partial charge in [-0.25, -0.2) is 0 Å². The zero-order valence-electron chi connectivity index (χ0n) is 18.3. The van der Waals surface area contributed by atoms with Gasteiger partial charge in [0.2, 0.25) is 0 Å². The van der Waals surface area contributed by atoms with Crippen molar-refractivity contribution < 1.29 is 29.0 Å². The Morgan fingerprint density at radius 2 is 1.84 bits per heavy atom. The van der Waals surface area contributed by atoms with E-state index in [0.29, 0.717) is 19.5 Å². The number of benzene rings is 2. The molecule has 0 N–H and O–H groups in total. The Morgan fingerprint density at radius 1 is 1.16 bits per heavy atom. The molecule has 9 nitrogen and oxygen atoms in total. The summed E-state index contributed by atoms with van der Waals surface area (Å²) in [6.45, 7) is 2.63. The second kappa shape index (κ2) is 10.8. The Morgan fingerprint density at radius 3 is 2.53 bits per heavy atom. The van der Waals surface area contributed by atoms with Crippen LogP contribution < -0.4 is 4.74 Å². The topological polar surface area (TPSA) is 108 Å². The highest BCUT2D eigenvalue weighted by molar-refractivity contribution is 5.87. The summed E-state index contributed by atoms with van der Waals surface area (Å²) in [5.74, 6) is -0.115. The smallest absolute Gasteiger partial charge is 0.313 e. The number of hydrogen-bond donors (Lipinski definition) is 0. The largest absolute Gasteiger partial charge is 0.497 e. The van der Waals surface area contributed by atoms with Gasteiger partial charge in [-0.1, -0.05) is 24.3 Å². The van der Waals surface area contributed by atoms with E-state index in [1.807, 2.05) is 36.4 Å². The minimum atomic E-state index is -0.789. The number of rotatable bonds is 9. The second-order valence-electron chi connectivity index (χ2n) is 7.97. The maximum absolute atomic E-state index is 12.5. The molecule has 3 rings (SSSR count). The lowest BCUT2D eigenvalue weighted by Gasteiger charge is -2.31. The molecule has 0 unspecified atom stereocenters. The van der Waals surface area contributed by atoms with Crippen LogP contribution >= 0.6 is 0 Å². The van der Waals surface area contributed by atoms with Gasteiger partial charge in [0.15, 0.2) is 6.61 Å². The fourth-order valence-electron chi connectivity index (χ4n) is 3.89. The molecule has 1 saturated heterocycles. The summed E-state index contributed by atoms with van der Waals surface area (Å²) in [4.78, 5) is 41.2. The SMILES string of the molecule is COc1ccc2cc([C@H](C)C(=O)OCC(=O)N3CCC(CCO[N+](=O)[O-])CC3)ccc2c1. The number of hydrogen-bond acceptors (Lipinski definition) is 7. The normalized spacial score (nSPS) is 15.2. The highest BCUT2D eigenvalue weighted by Gasteiger charge is 2.25. The molecule has 2 aromatic rings. The number of piperidine rings is 1. The van der Waals surface area contributed by atoms with Crippen molar-refractivity contribution in [3.63, 3.8) is 0 Å². The lowest BCUT2D eigenvalue weighted by molar-refractivity contribution is -0.758. The Bertz CT molecular complexity index is 970. The fraction of sp³-hybridized carbons (Fsp3) is 0.478. The van der Waals surface area contributed by atoms with Crippen LogP contribution in [0.2, 0.25) is 0 Å². The first-order valence-corrected chi connectivity index (χ1v) is 10.7. The molecule has 1 amide bonds. The number of fused-ring (bicyclic) bond motifs is 1. The van der Waals surface area contributed by atoms with Gasteiger partial charge >= 0.3 is 5.97 Å². The highest BCUT2D eigenvalue weighted by atomic mass is 16.9. The molecule has 1 heterocycles. The minimum Gasteiger partial charge on any atom is -0.497 e. The van der Waals surface area contributed by atoms with Crippen molar-refractivity contribution in [2.75, 3.05) is 33.4 Å². The van der Waals surface area contributed by atoms with Crippen LogP contribution in [0, 0.1) is 16.0 Å². The van der Waals surface area contributed by atoms with Crippen LogP contribution in [-0.2, 0) is 19.2 Å². The Kier molecular flexibility index (Phi) is 7.86. The molecule has 0 aliphatic carbocycles. The number of carbonyl (C=O) groups excluding carboxylic acids is 2. The van der Waals surface area contributed by atoms with Gasteiger partial charge in [-0.05, 0) is 60.6 Å². The van der Waals surface area contributed by atoms with E-state index in [1.165, 1.54) is 0 Å². The number of ether oxygens (including phenoxy) is 2. The number of likely N-dealkylation sites (tertiary alicyclic amines) is 1. The van der Waals surface area contributed by atoms with Gasteiger partial charge in [-0.15, -0.1) is 10.1 Å². The van der Waals surface area contributed by atoms with Crippen LogP contribution in [0.3, 0.4) is 0 Å². The second-order valence-corrected chi connectivity index (χ2v) is 7.97. The van der Waals surface area contributed by atoms with E-state index < -0.39 is 17.0 Å². The molecule has 172 valence electrons. The van der Waals surface area contributed by atoms with Crippen LogP contribution in [0.5, 0.6) is 5.75 Å². The van der Waals surface area contributed by atoms with E-state index in [2.05, 4.69) is 4.84 Å². The molecule has 0 bridgehead atoms. The maximum Gasteiger partial charge on any atom is 0.313 e. The number of amides is 1. The Hall–Kier alpha value is -3.36. The molecule has 0 aromatic heterocycles. The van der Waals surface area contributed by atoms with E-state index in [-0.39, 0.29) is 25.0 Å². The molecule has 9 heteroatoms. The summed E-state index contributed by atoms with van der Waals surface area (Å²) < 4.78 is 10.5. The predicted octanol–water partition coefficient (Wildman–Crippen LogP) is 3.33. The molecular weight excluding hydrogens is 416 g/mol. The Labute approximate surface area is 186 Å². The van der Waals surface area contributed by atoms with Gasteiger partial charge in [0.25, 0.3) is 11.0 Å². The van der Waals surface area contributed by atoms with Crippen LogP contribution in [0.4, 0.5) is 0 Å². The van der Waals surface area contributed by atoms with E-state index in [4.69, 9.17) is 9.47 Å². The van der Waals surface area contributed by atoms with Crippen molar-refractivity contribution >= 4 is 22.6 Å². The standard InChI is InChI=1S/C23H28N2O7/c1-16(18-3-4-20-14-21(30-2)6-5-19(20)13-18)23(27)31-15-22(26)24-10-7-17(8-11-24)9-12-32-25(28)29/h3-6,13-14,16-17H,7-12,15H2,1-2H3/t16-/m0/s1. The molecular formula is C23H28N2O7. The summed E-state index contributed by atoms with van der Waals surface area (Å²) in [5.41, 5.74) is 0.817. The van der Waals surface area contributed by atoms with Crippen LogP contribution in [0.25, 0.3) is 10.8 Å². The van der Waals surface area contributed by atoms with Crippen molar-refractivity contribution in [2.24, 2.45) is 5.92 Å². The fourth-order valence-corrected chi connectivity index (χ4v) is 3.89. The van der Waals surface area contributed by atoms with Crippen LogP contribution in [0.15, 0.2) is 36.4 Å². The van der Waals surface area contributed by atoms with Gasteiger partial charge < -0.3 is 19.2 Å². The van der Waals surface area contributed by atoms with Gasteiger partial charge in [0.1, 0.15) is 5.75 Å². The quantitative estimate of drug-likeness (QED) is 0.332. The first-order valence-electron chi connectivity index (χ1n) is 10.7. The van der Waals surface area contributed by atoms with Crippen LogP contribution in [0.1, 0.15) is 37.7 Å². The average molecular weight is 444 g/mol. The minimum absolute atomic E-state index is 0.0728. The molecule has 0 radical (unpaired) electrons. The third-order valence-corrected chi connectivity index (χ3v) is 5.95. The average Bonchev–Trinajstić information content (AvgIpc) is 2.81. The van der Waals surface area contributed by atoms with Gasteiger partial charge in [-0.3, -0.25) is 9.59 Å².